The van der Waals surface area contributed by atoms with Crippen molar-refractivity contribution in [2.75, 3.05) is 30.3 Å². The monoisotopic (exact) mass is 333 g/mol. The number of benzene rings is 1. The van der Waals surface area contributed by atoms with Gasteiger partial charge in [-0.2, -0.15) is 0 Å². The first kappa shape index (κ1) is 18.4. The lowest BCUT2D eigenvalue weighted by Gasteiger charge is -2.35. The van der Waals surface area contributed by atoms with E-state index in [4.69, 9.17) is 4.74 Å². The number of carbonyl (C=O) groups excluding carboxylic acids is 2. The molecule has 132 valence electrons. The SMILES string of the molecule is CCOC1CCCN(C(C)C(=O)Nc2cccc(NC(C)=O)c2)C1. The molecule has 0 aromatic heterocycles. The number of anilines is 2. The molecule has 2 atom stereocenters. The molecule has 1 heterocycles. The average molecular weight is 333 g/mol. The molecule has 1 fully saturated rings. The Balaban J connectivity index is 1.94. The highest BCUT2D eigenvalue weighted by molar-refractivity contribution is 5.96. The van der Waals surface area contributed by atoms with Gasteiger partial charge < -0.3 is 15.4 Å². The summed E-state index contributed by atoms with van der Waals surface area (Å²) in [5.74, 6) is -0.186. The summed E-state index contributed by atoms with van der Waals surface area (Å²) in [4.78, 5) is 25.8. The van der Waals surface area contributed by atoms with Crippen LogP contribution in [0.1, 0.15) is 33.6 Å². The van der Waals surface area contributed by atoms with Gasteiger partial charge in [0.2, 0.25) is 11.8 Å². The second-order valence-corrected chi connectivity index (χ2v) is 6.14. The summed E-state index contributed by atoms with van der Waals surface area (Å²) < 4.78 is 5.70. The van der Waals surface area contributed by atoms with Crippen LogP contribution >= 0.6 is 0 Å². The van der Waals surface area contributed by atoms with Crippen LogP contribution in [-0.4, -0.2) is 48.6 Å². The topological polar surface area (TPSA) is 70.7 Å². The quantitative estimate of drug-likeness (QED) is 0.839. The summed E-state index contributed by atoms with van der Waals surface area (Å²) >= 11 is 0. The fraction of sp³-hybridized carbons (Fsp3) is 0.556. The average Bonchev–Trinajstić information content (AvgIpc) is 2.54. The van der Waals surface area contributed by atoms with Gasteiger partial charge in [0.25, 0.3) is 0 Å². The van der Waals surface area contributed by atoms with Gasteiger partial charge in [0.1, 0.15) is 0 Å². The predicted octanol–water partition coefficient (Wildman–Crippen LogP) is 2.47. The van der Waals surface area contributed by atoms with E-state index in [2.05, 4.69) is 15.5 Å². The summed E-state index contributed by atoms with van der Waals surface area (Å²) in [7, 11) is 0. The molecule has 2 rings (SSSR count). The van der Waals surface area contributed by atoms with Crippen LogP contribution in [0.2, 0.25) is 0 Å². The van der Waals surface area contributed by atoms with Gasteiger partial charge in [-0.25, -0.2) is 0 Å². The summed E-state index contributed by atoms with van der Waals surface area (Å²) in [6.07, 6.45) is 2.31. The lowest BCUT2D eigenvalue weighted by molar-refractivity contribution is -0.122. The Hall–Kier alpha value is -1.92. The lowest BCUT2D eigenvalue weighted by atomic mass is 10.1. The molecule has 0 saturated carbocycles. The van der Waals surface area contributed by atoms with Gasteiger partial charge in [-0.05, 0) is 51.4 Å². The number of hydrogen-bond donors (Lipinski definition) is 2. The van der Waals surface area contributed by atoms with E-state index >= 15 is 0 Å². The second kappa shape index (κ2) is 8.80. The van der Waals surface area contributed by atoms with Crippen molar-refractivity contribution in [1.82, 2.24) is 4.90 Å². The van der Waals surface area contributed by atoms with Gasteiger partial charge in [0.15, 0.2) is 0 Å². The number of rotatable bonds is 6. The van der Waals surface area contributed by atoms with Gasteiger partial charge in [-0.15, -0.1) is 0 Å². The first-order chi connectivity index (χ1) is 11.5. The van der Waals surface area contributed by atoms with E-state index in [0.717, 1.165) is 25.9 Å². The molecule has 1 aromatic rings. The molecule has 1 saturated heterocycles. The molecule has 2 amide bonds. The third-order valence-electron chi connectivity index (χ3n) is 4.19. The predicted molar refractivity (Wildman–Crippen MR) is 95.1 cm³/mol. The summed E-state index contributed by atoms with van der Waals surface area (Å²) in [6.45, 7) is 7.77. The van der Waals surface area contributed by atoms with Crippen LogP contribution in [-0.2, 0) is 14.3 Å². The Bertz CT molecular complexity index is 574. The first-order valence-electron chi connectivity index (χ1n) is 8.53. The van der Waals surface area contributed by atoms with Gasteiger partial charge in [0.05, 0.1) is 12.1 Å². The van der Waals surface area contributed by atoms with Gasteiger partial charge in [-0.3, -0.25) is 14.5 Å². The maximum Gasteiger partial charge on any atom is 0.241 e. The lowest BCUT2D eigenvalue weighted by Crippen LogP contribution is -2.49. The number of nitrogens with zero attached hydrogens (tertiary/aromatic N) is 1. The number of ether oxygens (including phenoxy) is 1. The van der Waals surface area contributed by atoms with Crippen molar-refractivity contribution in [3.63, 3.8) is 0 Å². The van der Waals surface area contributed by atoms with Crippen LogP contribution in [0.5, 0.6) is 0 Å². The zero-order chi connectivity index (χ0) is 17.5. The van der Waals surface area contributed by atoms with Crippen molar-refractivity contribution < 1.29 is 14.3 Å². The highest BCUT2D eigenvalue weighted by Gasteiger charge is 2.27. The van der Waals surface area contributed by atoms with E-state index in [9.17, 15) is 9.59 Å². The highest BCUT2D eigenvalue weighted by atomic mass is 16.5. The minimum absolute atomic E-state index is 0.0490. The minimum atomic E-state index is -0.224. The van der Waals surface area contributed by atoms with E-state index in [1.807, 2.05) is 19.9 Å². The van der Waals surface area contributed by atoms with E-state index in [-0.39, 0.29) is 24.0 Å². The number of carbonyl (C=O) groups is 2. The molecule has 0 aliphatic carbocycles. The Morgan fingerprint density at radius 2 is 2.04 bits per heavy atom. The van der Waals surface area contributed by atoms with Crippen molar-refractivity contribution in [3.8, 4) is 0 Å². The van der Waals surface area contributed by atoms with E-state index < -0.39 is 0 Å². The van der Waals surface area contributed by atoms with Gasteiger partial charge >= 0.3 is 0 Å². The molecule has 2 N–H and O–H groups in total. The summed E-state index contributed by atoms with van der Waals surface area (Å²) in [5.41, 5.74) is 1.35. The van der Waals surface area contributed by atoms with Crippen molar-refractivity contribution in [1.29, 1.82) is 0 Å². The van der Waals surface area contributed by atoms with Crippen molar-refractivity contribution in [2.45, 2.75) is 45.8 Å². The fourth-order valence-corrected chi connectivity index (χ4v) is 2.98. The van der Waals surface area contributed by atoms with Crippen LogP contribution in [0.15, 0.2) is 24.3 Å². The third-order valence-corrected chi connectivity index (χ3v) is 4.19. The van der Waals surface area contributed by atoms with Crippen LogP contribution in [0.25, 0.3) is 0 Å². The molecule has 0 spiro atoms. The molecule has 6 heteroatoms. The smallest absolute Gasteiger partial charge is 0.241 e. The summed E-state index contributed by atoms with van der Waals surface area (Å²) in [6, 6.07) is 6.94. The third kappa shape index (κ3) is 5.32. The first-order valence-corrected chi connectivity index (χ1v) is 8.53. The van der Waals surface area contributed by atoms with Crippen LogP contribution in [0.4, 0.5) is 11.4 Å². The van der Waals surface area contributed by atoms with E-state index in [1.165, 1.54) is 6.92 Å². The van der Waals surface area contributed by atoms with Gasteiger partial charge in [0, 0.05) is 31.5 Å². The minimum Gasteiger partial charge on any atom is -0.377 e. The van der Waals surface area contributed by atoms with Gasteiger partial charge in [-0.1, -0.05) is 6.07 Å². The van der Waals surface area contributed by atoms with Crippen molar-refractivity contribution in [3.05, 3.63) is 24.3 Å². The molecular formula is C18H27N3O3. The maximum atomic E-state index is 12.5. The molecule has 0 bridgehead atoms. The zero-order valence-electron chi connectivity index (χ0n) is 14.7. The number of nitrogens with one attached hydrogen (secondary N) is 2. The van der Waals surface area contributed by atoms with Crippen molar-refractivity contribution >= 4 is 23.2 Å². The molecule has 1 aliphatic heterocycles. The molecular weight excluding hydrogens is 306 g/mol. The van der Waals surface area contributed by atoms with E-state index in [0.29, 0.717) is 18.0 Å². The maximum absolute atomic E-state index is 12.5. The normalized spacial score (nSPS) is 19.5. The number of likely N-dealkylation sites (tertiary alicyclic amines) is 1. The Labute approximate surface area is 143 Å². The zero-order valence-corrected chi connectivity index (χ0v) is 14.7. The Morgan fingerprint density at radius 1 is 1.33 bits per heavy atom. The number of hydrogen-bond acceptors (Lipinski definition) is 4. The van der Waals surface area contributed by atoms with Crippen molar-refractivity contribution in [2.24, 2.45) is 0 Å². The fourth-order valence-electron chi connectivity index (χ4n) is 2.98. The molecule has 6 nitrogen and oxygen atoms in total. The highest BCUT2D eigenvalue weighted by Crippen LogP contribution is 2.18. The largest absolute Gasteiger partial charge is 0.377 e. The Kier molecular flexibility index (Phi) is 6.75. The summed E-state index contributed by atoms with van der Waals surface area (Å²) in [5, 5.41) is 5.64. The number of amides is 2. The Morgan fingerprint density at radius 3 is 2.71 bits per heavy atom. The van der Waals surface area contributed by atoms with Crippen LogP contribution < -0.4 is 10.6 Å². The molecule has 1 aliphatic rings. The standard InChI is InChI=1S/C18H27N3O3/c1-4-24-17-9-6-10-21(12-17)13(2)18(23)20-16-8-5-7-15(11-16)19-14(3)22/h5,7-8,11,13,17H,4,6,9-10,12H2,1-3H3,(H,19,22)(H,20,23). The molecule has 24 heavy (non-hydrogen) atoms. The van der Waals surface area contributed by atoms with Crippen LogP contribution in [0.3, 0.4) is 0 Å². The van der Waals surface area contributed by atoms with Crippen LogP contribution in [0, 0.1) is 0 Å². The second-order valence-electron chi connectivity index (χ2n) is 6.14. The molecule has 1 aromatic carbocycles. The molecule has 2 unspecified atom stereocenters. The van der Waals surface area contributed by atoms with E-state index in [1.54, 1.807) is 18.2 Å². The number of piperidine rings is 1. The molecule has 0 radical (unpaired) electrons.